The molecule has 0 aliphatic rings. The fraction of sp³-hybridized carbons (Fsp3) is 0.306. The van der Waals surface area contributed by atoms with Crippen LogP contribution < -0.4 is 0 Å². The number of fused-ring (bicyclic) bond motifs is 6. The molecule has 8 rings (SSSR count). The second-order valence-electron chi connectivity index (χ2n) is 15.7. The number of para-hydroxylation sites is 1. The number of nitrogens with zero attached hydrogens (tertiary/aromatic N) is 2. The van der Waals surface area contributed by atoms with Gasteiger partial charge >= 0.3 is 0 Å². The van der Waals surface area contributed by atoms with Crippen molar-refractivity contribution in [1.82, 2.24) is 9.38 Å². The summed E-state index contributed by atoms with van der Waals surface area (Å²) in [4.78, 5) is 17.0. The van der Waals surface area contributed by atoms with E-state index >= 15 is 0 Å². The zero-order valence-corrected chi connectivity index (χ0v) is 35.2. The van der Waals surface area contributed by atoms with Gasteiger partial charge in [0.25, 0.3) is 0 Å². The molecular weight excluding hydrogens is 841 g/mol. The van der Waals surface area contributed by atoms with Gasteiger partial charge in [-0.25, -0.2) is 0 Å². The van der Waals surface area contributed by atoms with Gasteiger partial charge in [-0.15, -0.1) is 29.1 Å². The zero-order valence-electron chi connectivity index (χ0n) is 32.8. The standard InChI is InChI=1S/C36H27N2.C13H24O2.Ir/c1-21-15-16-32-28(17-21)27-13-7-12-26-25-11-8-14-30-34(25)33(38(32)35(26)27)20-31(37-30)23-18-22-9-5-6-10-24(22)29(19-23)36(2,3)4;1-5-10(6-2)12(14)9-13(15)11(7-3)8-4;/h5-17,19-20H,1-4H3;9-11,14H,5-8H2,1-4H3;/q-1;;/b;12-9-;. The summed E-state index contributed by atoms with van der Waals surface area (Å²) in [5.74, 6) is 0.547. The van der Waals surface area contributed by atoms with Crippen molar-refractivity contribution in [3.63, 3.8) is 0 Å². The summed E-state index contributed by atoms with van der Waals surface area (Å²) < 4.78 is 2.46. The summed E-state index contributed by atoms with van der Waals surface area (Å²) in [6.45, 7) is 17.1. The van der Waals surface area contributed by atoms with E-state index < -0.39 is 0 Å². The van der Waals surface area contributed by atoms with Crippen molar-refractivity contribution in [2.75, 3.05) is 0 Å². The third-order valence-corrected chi connectivity index (χ3v) is 11.2. The van der Waals surface area contributed by atoms with Crippen molar-refractivity contribution in [2.45, 2.75) is 86.5 Å². The number of aliphatic hydroxyl groups excluding tert-OH is 1. The Morgan fingerprint density at radius 3 is 2.07 bits per heavy atom. The van der Waals surface area contributed by atoms with E-state index in [0.717, 1.165) is 47.8 Å². The molecule has 0 saturated heterocycles. The Morgan fingerprint density at radius 1 is 0.759 bits per heavy atom. The Bertz CT molecular complexity index is 2650. The van der Waals surface area contributed by atoms with E-state index in [1.165, 1.54) is 66.1 Å². The zero-order chi connectivity index (χ0) is 37.6. The number of aromatic nitrogens is 2. The van der Waals surface area contributed by atoms with E-state index in [4.69, 9.17) is 4.98 Å². The van der Waals surface area contributed by atoms with Crippen molar-refractivity contribution in [1.29, 1.82) is 0 Å². The number of aliphatic hydroxyl groups is 1. The second kappa shape index (κ2) is 15.7. The molecule has 0 aliphatic heterocycles. The number of aryl methyl sites for hydroxylation is 1. The summed E-state index contributed by atoms with van der Waals surface area (Å²) in [7, 11) is 0. The van der Waals surface area contributed by atoms with Crippen LogP contribution in [0.15, 0.2) is 103 Å². The first-order valence-corrected chi connectivity index (χ1v) is 19.4. The second-order valence-corrected chi connectivity index (χ2v) is 15.7. The molecule has 1 N–H and O–H groups in total. The number of carbonyl (C=O) groups is 1. The van der Waals surface area contributed by atoms with Gasteiger partial charge in [-0.3, -0.25) is 9.78 Å². The third-order valence-electron chi connectivity index (χ3n) is 11.2. The van der Waals surface area contributed by atoms with E-state index in [2.05, 4.69) is 129 Å². The summed E-state index contributed by atoms with van der Waals surface area (Å²) in [5, 5.41) is 18.5. The monoisotopic (exact) mass is 892 g/mol. The van der Waals surface area contributed by atoms with Crippen molar-refractivity contribution in [3.05, 3.63) is 120 Å². The van der Waals surface area contributed by atoms with Crippen LogP contribution in [0.4, 0.5) is 0 Å². The van der Waals surface area contributed by atoms with Gasteiger partial charge in [-0.2, -0.15) is 0 Å². The van der Waals surface area contributed by atoms with E-state index in [0.29, 0.717) is 0 Å². The minimum atomic E-state index is 0. The summed E-state index contributed by atoms with van der Waals surface area (Å²) in [5.41, 5.74) is 9.34. The van der Waals surface area contributed by atoms with Crippen LogP contribution in [-0.4, -0.2) is 20.3 Å². The molecule has 0 unspecified atom stereocenters. The van der Waals surface area contributed by atoms with Gasteiger partial charge < -0.3 is 9.51 Å². The van der Waals surface area contributed by atoms with Gasteiger partial charge in [-0.1, -0.05) is 120 Å². The molecule has 1 radical (unpaired) electrons. The minimum Gasteiger partial charge on any atom is -0.512 e. The molecular formula is C49H51IrN2O2-. The van der Waals surface area contributed by atoms with Crippen molar-refractivity contribution in [2.24, 2.45) is 11.8 Å². The minimum absolute atomic E-state index is 0. The fourth-order valence-corrected chi connectivity index (χ4v) is 8.22. The number of allylic oxidation sites excluding steroid dienone is 2. The Kier molecular flexibility index (Phi) is 11.3. The quantitative estimate of drug-likeness (QED) is 0.0544. The van der Waals surface area contributed by atoms with Crippen LogP contribution in [0.5, 0.6) is 0 Å². The number of hydrogen-bond acceptors (Lipinski definition) is 3. The molecule has 0 bridgehead atoms. The van der Waals surface area contributed by atoms with E-state index in [1.807, 2.05) is 27.7 Å². The van der Waals surface area contributed by atoms with E-state index in [-0.39, 0.29) is 48.9 Å². The average molecular weight is 892 g/mol. The number of rotatable bonds is 8. The summed E-state index contributed by atoms with van der Waals surface area (Å²) in [6.07, 6.45) is 4.91. The molecule has 0 fully saturated rings. The normalized spacial score (nSPS) is 12.4. The molecule has 0 spiro atoms. The smallest absolute Gasteiger partial charge is 0.162 e. The molecule has 3 heterocycles. The summed E-state index contributed by atoms with van der Waals surface area (Å²) >= 11 is 0. The van der Waals surface area contributed by atoms with Gasteiger partial charge in [0, 0.05) is 65.3 Å². The molecule has 279 valence electrons. The molecule has 0 aliphatic carbocycles. The Balaban J connectivity index is 0.000000267. The first-order chi connectivity index (χ1) is 25.5. The first kappa shape index (κ1) is 39.1. The predicted molar refractivity (Wildman–Crippen MR) is 225 cm³/mol. The molecule has 8 aromatic rings. The van der Waals surface area contributed by atoms with Crippen molar-refractivity contribution >= 4 is 65.6 Å². The van der Waals surface area contributed by atoms with Gasteiger partial charge in [0.15, 0.2) is 5.78 Å². The fourth-order valence-electron chi connectivity index (χ4n) is 8.22. The number of hydrogen-bond donors (Lipinski definition) is 1. The summed E-state index contributed by atoms with van der Waals surface area (Å²) in [6, 6.07) is 36.9. The van der Waals surface area contributed by atoms with Crippen LogP contribution in [0.2, 0.25) is 0 Å². The maximum absolute atomic E-state index is 11.7. The van der Waals surface area contributed by atoms with Crippen LogP contribution in [0.1, 0.15) is 85.3 Å². The average Bonchev–Trinajstić information content (AvgIpc) is 3.48. The van der Waals surface area contributed by atoms with Gasteiger partial charge in [-0.05, 0) is 67.7 Å². The first-order valence-electron chi connectivity index (χ1n) is 19.4. The van der Waals surface area contributed by atoms with Gasteiger partial charge in [0.05, 0.1) is 27.8 Å². The molecule has 5 heteroatoms. The Hall–Kier alpha value is -4.57. The molecule has 3 aromatic heterocycles. The molecule has 4 nitrogen and oxygen atoms in total. The van der Waals surface area contributed by atoms with Crippen LogP contribution >= 0.6 is 0 Å². The molecule has 0 amide bonds. The predicted octanol–water partition coefficient (Wildman–Crippen LogP) is 13.5. The van der Waals surface area contributed by atoms with Gasteiger partial charge in [0.1, 0.15) is 0 Å². The SMILES string of the molecule is CCC(CC)C(=O)/C=C(\O)C(CC)CC.Cc1ccc2c(c1)c1cccc3c4cccc5nc(-c6[c-]c7ccccc7c(C(C)(C)C)c6)cc(c54)n2c31.[Ir]. The number of benzene rings is 5. The van der Waals surface area contributed by atoms with Crippen LogP contribution in [-0.2, 0) is 30.3 Å². The van der Waals surface area contributed by atoms with Gasteiger partial charge in [0.2, 0.25) is 0 Å². The van der Waals surface area contributed by atoms with E-state index in [9.17, 15) is 9.90 Å². The number of pyridine rings is 2. The van der Waals surface area contributed by atoms with Crippen LogP contribution in [0, 0.1) is 24.8 Å². The third kappa shape index (κ3) is 6.93. The number of ketones is 1. The van der Waals surface area contributed by atoms with E-state index in [1.54, 1.807) is 0 Å². The Labute approximate surface area is 333 Å². The Morgan fingerprint density at radius 2 is 1.39 bits per heavy atom. The van der Waals surface area contributed by atoms with Crippen molar-refractivity contribution < 1.29 is 30.0 Å². The van der Waals surface area contributed by atoms with Crippen molar-refractivity contribution in [3.8, 4) is 11.3 Å². The molecule has 5 aromatic carbocycles. The number of carbonyl (C=O) groups excluding carboxylic acids is 1. The molecule has 0 atom stereocenters. The molecule has 0 saturated carbocycles. The topological polar surface area (TPSA) is 54.6 Å². The molecule has 54 heavy (non-hydrogen) atoms. The van der Waals surface area contributed by atoms with Crippen LogP contribution in [0.25, 0.3) is 71.0 Å². The maximum Gasteiger partial charge on any atom is 0.162 e. The largest absolute Gasteiger partial charge is 0.512 e. The maximum atomic E-state index is 11.7. The van der Waals surface area contributed by atoms with Crippen LogP contribution in [0.3, 0.4) is 0 Å².